The maximum atomic E-state index is 13.4. The number of nitrogens with zero attached hydrogens (tertiary/aromatic N) is 7. The number of nitrogens with one attached hydrogen (secondary N) is 1. The van der Waals surface area contributed by atoms with Gasteiger partial charge in [-0.3, -0.25) is 9.36 Å². The lowest BCUT2D eigenvalue weighted by Crippen LogP contribution is -2.21. The van der Waals surface area contributed by atoms with Crippen LogP contribution in [0.25, 0.3) is 33.8 Å². The molecule has 0 atom stereocenters. The van der Waals surface area contributed by atoms with Gasteiger partial charge in [0.05, 0.1) is 11.3 Å². The highest BCUT2D eigenvalue weighted by Gasteiger charge is 2.19. The summed E-state index contributed by atoms with van der Waals surface area (Å²) in [6, 6.07) is 7.89. The molecule has 0 aliphatic rings. The molecule has 30 heavy (non-hydrogen) atoms. The molecule has 0 aliphatic heterocycles. The Hall–Kier alpha value is -3.60. The van der Waals surface area contributed by atoms with Crippen LogP contribution >= 0.6 is 11.8 Å². The lowest BCUT2D eigenvalue weighted by atomic mass is 10.0. The number of thioether (sulfide) groups is 1. The van der Waals surface area contributed by atoms with Crippen molar-refractivity contribution in [3.63, 3.8) is 0 Å². The maximum absolute atomic E-state index is 13.4. The summed E-state index contributed by atoms with van der Waals surface area (Å²) in [5, 5.41) is 20.4. The molecule has 0 saturated heterocycles. The molecule has 11 heteroatoms. The van der Waals surface area contributed by atoms with Gasteiger partial charge in [-0.15, -0.1) is 15.3 Å². The summed E-state index contributed by atoms with van der Waals surface area (Å²) in [5.74, 6) is -0.0164. The Labute approximate surface area is 173 Å². The predicted molar refractivity (Wildman–Crippen MR) is 110 cm³/mol. The van der Waals surface area contributed by atoms with E-state index < -0.39 is 0 Å². The van der Waals surface area contributed by atoms with Crippen molar-refractivity contribution < 1.29 is 4.39 Å². The molecule has 1 aromatic carbocycles. The molecule has 0 radical (unpaired) electrons. The van der Waals surface area contributed by atoms with E-state index in [4.69, 9.17) is 0 Å². The van der Waals surface area contributed by atoms with E-state index >= 15 is 0 Å². The van der Waals surface area contributed by atoms with Crippen LogP contribution in [0.15, 0.2) is 46.5 Å². The Morgan fingerprint density at radius 1 is 1.17 bits per heavy atom. The molecule has 9 nitrogen and oxygen atoms in total. The summed E-state index contributed by atoms with van der Waals surface area (Å²) in [7, 11) is 0. The quantitative estimate of drug-likeness (QED) is 0.444. The molecule has 0 saturated carbocycles. The van der Waals surface area contributed by atoms with E-state index in [1.54, 1.807) is 28.9 Å². The van der Waals surface area contributed by atoms with Crippen LogP contribution in [0.2, 0.25) is 0 Å². The van der Waals surface area contributed by atoms with Gasteiger partial charge in [-0.25, -0.2) is 14.0 Å². The number of aromatic amines is 1. The summed E-state index contributed by atoms with van der Waals surface area (Å²) in [6.45, 7) is 1.98. The number of hydrogen-bond donors (Lipinski definition) is 1. The topological polar surface area (TPSA) is 107 Å². The molecule has 1 N–H and O–H groups in total. The van der Waals surface area contributed by atoms with Crippen molar-refractivity contribution in [2.75, 3.05) is 6.26 Å². The van der Waals surface area contributed by atoms with Gasteiger partial charge in [0.1, 0.15) is 11.3 Å². The molecule has 0 spiro atoms. The van der Waals surface area contributed by atoms with E-state index in [0.717, 1.165) is 16.8 Å². The number of rotatable bonds is 4. The summed E-state index contributed by atoms with van der Waals surface area (Å²) in [5.41, 5.74) is 3.15. The number of aryl methyl sites for hydroxylation is 1. The highest BCUT2D eigenvalue weighted by Crippen LogP contribution is 2.29. The van der Waals surface area contributed by atoms with Gasteiger partial charge < -0.3 is 0 Å². The Bertz CT molecular complexity index is 1450. The first-order valence-corrected chi connectivity index (χ1v) is 10.4. The van der Waals surface area contributed by atoms with Crippen LogP contribution < -0.4 is 5.56 Å². The second kappa shape index (κ2) is 7.02. The number of halogens is 1. The Morgan fingerprint density at radius 3 is 2.67 bits per heavy atom. The Balaban J connectivity index is 1.75. The summed E-state index contributed by atoms with van der Waals surface area (Å²) >= 11 is 1.37. The smallest absolute Gasteiger partial charge is 0.266 e. The average Bonchev–Trinajstić information content (AvgIpc) is 3.39. The van der Waals surface area contributed by atoms with Gasteiger partial charge in [-0.05, 0) is 36.4 Å². The lowest BCUT2D eigenvalue weighted by molar-refractivity contribution is 0.628. The molecule has 5 aromatic rings. The zero-order valence-electron chi connectivity index (χ0n) is 16.0. The van der Waals surface area contributed by atoms with Crippen LogP contribution in [0.3, 0.4) is 0 Å². The average molecular weight is 422 g/mol. The maximum Gasteiger partial charge on any atom is 0.287 e. The fourth-order valence-corrected chi connectivity index (χ4v) is 3.67. The number of pyridine rings is 1. The fourth-order valence-electron chi connectivity index (χ4n) is 3.36. The Kier molecular flexibility index (Phi) is 4.31. The number of H-pyrrole nitrogens is 1. The normalized spacial score (nSPS) is 11.6. The first-order chi connectivity index (χ1) is 14.6. The molecule has 150 valence electrons. The van der Waals surface area contributed by atoms with E-state index in [-0.39, 0.29) is 16.9 Å². The van der Waals surface area contributed by atoms with Crippen molar-refractivity contribution in [1.82, 2.24) is 39.6 Å². The molecular formula is C19H15FN8OS. The minimum Gasteiger partial charge on any atom is -0.266 e. The number of fused-ring (bicyclic) bond motifs is 3. The summed E-state index contributed by atoms with van der Waals surface area (Å²) in [4.78, 5) is 17.3. The Morgan fingerprint density at radius 2 is 1.97 bits per heavy atom. The molecule has 0 aliphatic carbocycles. The number of aromatic nitrogens is 8. The third-order valence-electron chi connectivity index (χ3n) is 4.78. The van der Waals surface area contributed by atoms with Crippen molar-refractivity contribution in [1.29, 1.82) is 0 Å². The predicted octanol–water partition coefficient (Wildman–Crippen LogP) is 2.64. The standard InChI is InChI=1S/C19H15FN8OS/c1-3-12-14(10-4-6-11(20)7-5-10)16-23-22-15-13(28(16)26-12)8-9-27(17(15)29)18-21-19(30-2)25-24-18/h4-9H,3H2,1-2H3,(H,21,24,25). The molecule has 0 amide bonds. The van der Waals surface area contributed by atoms with Crippen LogP contribution in [0.1, 0.15) is 12.6 Å². The van der Waals surface area contributed by atoms with Crippen molar-refractivity contribution >= 4 is 28.4 Å². The second-order valence-corrected chi connectivity index (χ2v) is 7.26. The molecule has 0 fully saturated rings. The molecule has 4 heterocycles. The molecule has 0 unspecified atom stereocenters. The van der Waals surface area contributed by atoms with Gasteiger partial charge in [0, 0.05) is 6.20 Å². The highest BCUT2D eigenvalue weighted by molar-refractivity contribution is 7.98. The van der Waals surface area contributed by atoms with Crippen LogP contribution in [-0.2, 0) is 6.42 Å². The third-order valence-corrected chi connectivity index (χ3v) is 5.33. The van der Waals surface area contributed by atoms with E-state index in [9.17, 15) is 9.18 Å². The number of benzene rings is 1. The van der Waals surface area contributed by atoms with E-state index in [1.807, 2.05) is 13.2 Å². The van der Waals surface area contributed by atoms with Crippen LogP contribution in [0.5, 0.6) is 0 Å². The van der Waals surface area contributed by atoms with Gasteiger partial charge in [0.25, 0.3) is 5.56 Å². The first kappa shape index (κ1) is 18.4. The molecule has 4 aromatic heterocycles. The zero-order chi connectivity index (χ0) is 20.8. The minimum absolute atomic E-state index is 0.155. The van der Waals surface area contributed by atoms with Crippen molar-refractivity contribution in [2.45, 2.75) is 18.5 Å². The van der Waals surface area contributed by atoms with Crippen molar-refractivity contribution in [2.24, 2.45) is 0 Å². The van der Waals surface area contributed by atoms with E-state index in [1.165, 1.54) is 28.5 Å². The summed E-state index contributed by atoms with van der Waals surface area (Å²) < 4.78 is 16.3. The van der Waals surface area contributed by atoms with Crippen molar-refractivity contribution in [3.8, 4) is 17.1 Å². The highest BCUT2D eigenvalue weighted by atomic mass is 32.2. The van der Waals surface area contributed by atoms with Gasteiger partial charge in [-0.2, -0.15) is 10.1 Å². The van der Waals surface area contributed by atoms with E-state index in [2.05, 4.69) is 30.5 Å². The van der Waals surface area contributed by atoms with Crippen LogP contribution in [0.4, 0.5) is 4.39 Å². The SMILES string of the molecule is CCc1nn2c(nnc3c(=O)n(-c4nc(SC)n[nH]4)ccc32)c1-c1ccc(F)cc1. The third kappa shape index (κ3) is 2.77. The molecule has 0 bridgehead atoms. The second-order valence-electron chi connectivity index (χ2n) is 6.49. The van der Waals surface area contributed by atoms with Gasteiger partial charge >= 0.3 is 0 Å². The van der Waals surface area contributed by atoms with Gasteiger partial charge in [0.2, 0.25) is 11.1 Å². The number of hydrogen-bond acceptors (Lipinski definition) is 7. The van der Waals surface area contributed by atoms with Crippen LogP contribution in [-0.4, -0.2) is 45.8 Å². The minimum atomic E-state index is -0.386. The van der Waals surface area contributed by atoms with E-state index in [0.29, 0.717) is 28.7 Å². The van der Waals surface area contributed by atoms with Crippen LogP contribution in [0, 0.1) is 5.82 Å². The van der Waals surface area contributed by atoms with Gasteiger partial charge in [-0.1, -0.05) is 30.8 Å². The molecular weight excluding hydrogens is 407 g/mol. The van der Waals surface area contributed by atoms with Crippen molar-refractivity contribution in [3.05, 3.63) is 58.4 Å². The largest absolute Gasteiger partial charge is 0.287 e. The fraction of sp³-hybridized carbons (Fsp3) is 0.158. The molecule has 5 rings (SSSR count). The summed E-state index contributed by atoms with van der Waals surface area (Å²) in [6.07, 6.45) is 4.09. The monoisotopic (exact) mass is 422 g/mol. The zero-order valence-corrected chi connectivity index (χ0v) is 16.8. The lowest BCUT2D eigenvalue weighted by Gasteiger charge is -2.04. The van der Waals surface area contributed by atoms with Gasteiger partial charge in [0.15, 0.2) is 11.2 Å². The first-order valence-electron chi connectivity index (χ1n) is 9.13.